The number of hydrogen-bond donors (Lipinski definition) is 1. The number of benzene rings is 1. The van der Waals surface area contributed by atoms with Gasteiger partial charge in [-0.05, 0) is 42.7 Å². The van der Waals surface area contributed by atoms with Gasteiger partial charge in [-0.25, -0.2) is 0 Å². The van der Waals surface area contributed by atoms with Crippen molar-refractivity contribution in [2.24, 2.45) is 5.73 Å². The quantitative estimate of drug-likeness (QED) is 0.942. The molecular formula is C18H21N3O2. The molecule has 1 amide bonds. The van der Waals surface area contributed by atoms with Crippen molar-refractivity contribution in [2.45, 2.75) is 25.4 Å². The molecule has 1 fully saturated rings. The highest BCUT2D eigenvalue weighted by Crippen LogP contribution is 2.34. The number of nitrogens with two attached hydrogens (primary N) is 1. The molecule has 120 valence electrons. The fourth-order valence-electron chi connectivity index (χ4n) is 3.09. The molecular weight excluding hydrogens is 290 g/mol. The molecule has 0 radical (unpaired) electrons. The molecule has 2 N–H and O–H groups in total. The molecule has 5 heteroatoms. The summed E-state index contributed by atoms with van der Waals surface area (Å²) in [6, 6.07) is 11.6. The molecule has 0 spiro atoms. The Kier molecular flexibility index (Phi) is 4.57. The number of carbonyl (C=O) groups is 1. The lowest BCUT2D eigenvalue weighted by Crippen LogP contribution is -2.30. The summed E-state index contributed by atoms with van der Waals surface area (Å²) in [7, 11) is 1.65. The van der Waals surface area contributed by atoms with Crippen LogP contribution in [0.4, 0.5) is 0 Å². The summed E-state index contributed by atoms with van der Waals surface area (Å²) in [6.07, 6.45) is 3.61. The molecule has 2 heterocycles. The Morgan fingerprint density at radius 3 is 3.04 bits per heavy atom. The number of ether oxygens (including phenoxy) is 1. The second kappa shape index (κ2) is 6.79. The van der Waals surface area contributed by atoms with Crippen molar-refractivity contribution in [2.75, 3.05) is 13.7 Å². The van der Waals surface area contributed by atoms with E-state index < -0.39 is 0 Å². The molecule has 1 aliphatic rings. The number of carbonyl (C=O) groups excluding carboxylic acids is 1. The summed E-state index contributed by atoms with van der Waals surface area (Å²) >= 11 is 0. The number of nitrogens with zero attached hydrogens (tertiary/aromatic N) is 2. The second-order valence-electron chi connectivity index (χ2n) is 5.67. The molecule has 1 aromatic carbocycles. The van der Waals surface area contributed by atoms with Crippen LogP contribution >= 0.6 is 0 Å². The van der Waals surface area contributed by atoms with E-state index >= 15 is 0 Å². The summed E-state index contributed by atoms with van der Waals surface area (Å²) in [5.74, 6) is 0.851. The maximum Gasteiger partial charge on any atom is 0.254 e. The third-order valence-electron chi connectivity index (χ3n) is 4.26. The van der Waals surface area contributed by atoms with Gasteiger partial charge in [0.1, 0.15) is 5.75 Å². The standard InChI is InChI=1S/C18H21N3O2/c1-23-16-5-2-4-13(11-16)17-6-3-9-21(17)18(22)14-7-8-20-15(10-14)12-19/h2,4-5,7-8,10-11,17H,3,6,9,12,19H2,1H3. The van der Waals surface area contributed by atoms with Gasteiger partial charge in [0.15, 0.2) is 0 Å². The first-order valence-electron chi connectivity index (χ1n) is 7.83. The van der Waals surface area contributed by atoms with E-state index in [2.05, 4.69) is 11.1 Å². The zero-order valence-electron chi connectivity index (χ0n) is 13.2. The lowest BCUT2D eigenvalue weighted by Gasteiger charge is -2.25. The first-order chi connectivity index (χ1) is 11.2. The van der Waals surface area contributed by atoms with E-state index in [4.69, 9.17) is 10.5 Å². The van der Waals surface area contributed by atoms with Gasteiger partial charge in [0, 0.05) is 24.8 Å². The van der Waals surface area contributed by atoms with E-state index in [-0.39, 0.29) is 11.9 Å². The molecule has 1 unspecified atom stereocenters. The Bertz CT molecular complexity index is 702. The van der Waals surface area contributed by atoms with Crippen LogP contribution in [0, 0.1) is 0 Å². The Hall–Kier alpha value is -2.40. The van der Waals surface area contributed by atoms with Crippen LogP contribution in [0.5, 0.6) is 5.75 Å². The number of likely N-dealkylation sites (tertiary alicyclic amines) is 1. The minimum atomic E-state index is 0.0346. The first-order valence-corrected chi connectivity index (χ1v) is 7.83. The molecule has 1 aromatic heterocycles. The lowest BCUT2D eigenvalue weighted by atomic mass is 10.0. The van der Waals surface area contributed by atoms with Crippen molar-refractivity contribution in [3.05, 3.63) is 59.4 Å². The zero-order chi connectivity index (χ0) is 16.2. The van der Waals surface area contributed by atoms with E-state index in [1.807, 2.05) is 23.1 Å². The summed E-state index contributed by atoms with van der Waals surface area (Å²) in [5, 5.41) is 0. The van der Waals surface area contributed by atoms with Gasteiger partial charge in [-0.15, -0.1) is 0 Å². The maximum absolute atomic E-state index is 12.9. The predicted molar refractivity (Wildman–Crippen MR) is 88.1 cm³/mol. The van der Waals surface area contributed by atoms with Gasteiger partial charge in [-0.1, -0.05) is 12.1 Å². The molecule has 1 aliphatic heterocycles. The van der Waals surface area contributed by atoms with Gasteiger partial charge in [0.05, 0.1) is 18.8 Å². The van der Waals surface area contributed by atoms with Crippen LogP contribution in [-0.4, -0.2) is 29.4 Å². The van der Waals surface area contributed by atoms with Crippen LogP contribution < -0.4 is 10.5 Å². The van der Waals surface area contributed by atoms with Crippen LogP contribution in [0.3, 0.4) is 0 Å². The average Bonchev–Trinajstić information content (AvgIpc) is 3.11. The van der Waals surface area contributed by atoms with Gasteiger partial charge in [-0.2, -0.15) is 0 Å². The highest BCUT2D eigenvalue weighted by Gasteiger charge is 2.30. The third kappa shape index (κ3) is 3.19. The fraction of sp³-hybridized carbons (Fsp3) is 0.333. The number of pyridine rings is 1. The van der Waals surface area contributed by atoms with Crippen LogP contribution in [0.1, 0.15) is 40.5 Å². The fourth-order valence-corrected chi connectivity index (χ4v) is 3.09. The lowest BCUT2D eigenvalue weighted by molar-refractivity contribution is 0.0735. The minimum absolute atomic E-state index is 0.0346. The van der Waals surface area contributed by atoms with E-state index in [9.17, 15) is 4.79 Å². The van der Waals surface area contributed by atoms with Crippen molar-refractivity contribution in [1.29, 1.82) is 0 Å². The van der Waals surface area contributed by atoms with Crippen LogP contribution in [0.15, 0.2) is 42.6 Å². The predicted octanol–water partition coefficient (Wildman–Crippen LogP) is 2.53. The molecule has 1 saturated heterocycles. The SMILES string of the molecule is COc1cccc(C2CCCN2C(=O)c2ccnc(CN)c2)c1. The van der Waals surface area contributed by atoms with Crippen molar-refractivity contribution in [3.8, 4) is 5.75 Å². The summed E-state index contributed by atoms with van der Waals surface area (Å²) in [4.78, 5) is 19.0. The normalized spacial score (nSPS) is 17.3. The molecule has 0 saturated carbocycles. The van der Waals surface area contributed by atoms with Crippen LogP contribution in [0.25, 0.3) is 0 Å². The van der Waals surface area contributed by atoms with Crippen LogP contribution in [0.2, 0.25) is 0 Å². The Morgan fingerprint density at radius 2 is 2.26 bits per heavy atom. The molecule has 23 heavy (non-hydrogen) atoms. The van der Waals surface area contributed by atoms with E-state index in [0.29, 0.717) is 12.1 Å². The topological polar surface area (TPSA) is 68.5 Å². The van der Waals surface area contributed by atoms with Crippen molar-refractivity contribution >= 4 is 5.91 Å². The van der Waals surface area contributed by atoms with E-state index in [0.717, 1.165) is 36.4 Å². The van der Waals surface area contributed by atoms with Gasteiger partial charge < -0.3 is 15.4 Å². The maximum atomic E-state index is 12.9. The summed E-state index contributed by atoms with van der Waals surface area (Å²) in [5.41, 5.74) is 8.11. The van der Waals surface area contributed by atoms with Gasteiger partial charge in [0.25, 0.3) is 5.91 Å². The Labute approximate surface area is 136 Å². The monoisotopic (exact) mass is 311 g/mol. The summed E-state index contributed by atoms with van der Waals surface area (Å²) < 4.78 is 5.30. The highest BCUT2D eigenvalue weighted by atomic mass is 16.5. The number of hydrogen-bond acceptors (Lipinski definition) is 4. The Balaban J connectivity index is 1.87. The zero-order valence-corrected chi connectivity index (χ0v) is 13.2. The number of aromatic nitrogens is 1. The van der Waals surface area contributed by atoms with Gasteiger partial charge >= 0.3 is 0 Å². The van der Waals surface area contributed by atoms with E-state index in [1.165, 1.54) is 0 Å². The van der Waals surface area contributed by atoms with Crippen molar-refractivity contribution < 1.29 is 9.53 Å². The molecule has 3 rings (SSSR count). The summed E-state index contributed by atoms with van der Waals surface area (Å²) in [6.45, 7) is 1.10. The molecule has 2 aromatic rings. The highest BCUT2D eigenvalue weighted by molar-refractivity contribution is 5.94. The van der Waals surface area contributed by atoms with E-state index in [1.54, 1.807) is 25.4 Å². The smallest absolute Gasteiger partial charge is 0.254 e. The number of methoxy groups -OCH3 is 1. The van der Waals surface area contributed by atoms with Crippen molar-refractivity contribution in [3.63, 3.8) is 0 Å². The second-order valence-corrected chi connectivity index (χ2v) is 5.67. The first kappa shape index (κ1) is 15.5. The number of amides is 1. The molecule has 0 bridgehead atoms. The molecule has 1 atom stereocenters. The average molecular weight is 311 g/mol. The van der Waals surface area contributed by atoms with Gasteiger partial charge in [-0.3, -0.25) is 9.78 Å². The number of rotatable bonds is 4. The van der Waals surface area contributed by atoms with Crippen LogP contribution in [-0.2, 0) is 6.54 Å². The van der Waals surface area contributed by atoms with Gasteiger partial charge in [0.2, 0.25) is 0 Å². The Morgan fingerprint density at radius 1 is 1.39 bits per heavy atom. The molecule has 0 aliphatic carbocycles. The molecule has 5 nitrogen and oxygen atoms in total. The minimum Gasteiger partial charge on any atom is -0.497 e. The van der Waals surface area contributed by atoms with Crippen molar-refractivity contribution in [1.82, 2.24) is 9.88 Å². The largest absolute Gasteiger partial charge is 0.497 e. The third-order valence-corrected chi connectivity index (χ3v) is 4.26.